The van der Waals surface area contributed by atoms with Gasteiger partial charge in [-0.2, -0.15) is 13.2 Å². The van der Waals surface area contributed by atoms with E-state index in [-0.39, 0.29) is 6.54 Å². The Morgan fingerprint density at radius 3 is 1.94 bits per heavy atom. The van der Waals surface area contributed by atoms with Crippen molar-refractivity contribution in [2.24, 2.45) is 17.3 Å². The number of esters is 1. The smallest absolute Gasteiger partial charge is 0.426 e. The number of ether oxygens (including phenoxy) is 1. The van der Waals surface area contributed by atoms with Gasteiger partial charge in [0.15, 0.2) is 23.3 Å². The zero-order valence-electron chi connectivity index (χ0n) is 17.8. The summed E-state index contributed by atoms with van der Waals surface area (Å²) in [6.07, 6.45) is -4.11. The van der Waals surface area contributed by atoms with Crippen molar-refractivity contribution in [3.05, 3.63) is 45.5 Å². The molecule has 2 atom stereocenters. The lowest BCUT2D eigenvalue weighted by molar-refractivity contribution is -0.147. The van der Waals surface area contributed by atoms with Gasteiger partial charge in [0.1, 0.15) is 11.6 Å². The minimum Gasteiger partial charge on any atom is -0.460 e. The summed E-state index contributed by atoms with van der Waals surface area (Å²) in [6, 6.07) is 0. The molecule has 1 aromatic rings. The zero-order chi connectivity index (χ0) is 24.6. The van der Waals surface area contributed by atoms with Crippen molar-refractivity contribution in [1.29, 1.82) is 0 Å². The average molecular weight is 490 g/mol. The molecule has 0 radical (unpaired) electrons. The fourth-order valence-corrected chi connectivity index (χ4v) is 3.72. The van der Waals surface area contributed by atoms with Gasteiger partial charge in [0.25, 0.3) is 0 Å². The zero-order valence-corrected chi connectivity index (χ0v) is 18.6. The monoisotopic (exact) mass is 489 g/mol. The molecule has 0 saturated heterocycles. The molecule has 1 aliphatic rings. The Kier molecular flexibility index (Phi) is 7.92. The van der Waals surface area contributed by atoms with Gasteiger partial charge in [-0.15, -0.1) is 0 Å². The number of carbonyl (C=O) groups is 1. The second-order valence-electron chi connectivity index (χ2n) is 8.12. The SMILES string of the molecule is CCN(CC)Cc1c(F)c(F)c(COC(=O)[C@H]2[C@@H](/C=C(\Cl)C(F)(F)F)C2(C)C)c(F)c1F. The molecule has 0 heterocycles. The number of halogens is 8. The summed E-state index contributed by atoms with van der Waals surface area (Å²) in [5, 5.41) is -1.41. The fraction of sp³-hybridized carbons (Fsp3) is 0.571. The molecule has 2 rings (SSSR count). The molecular formula is C21H23ClF7NO2. The fourth-order valence-electron chi connectivity index (χ4n) is 3.58. The van der Waals surface area contributed by atoms with E-state index in [1.807, 2.05) is 0 Å². The van der Waals surface area contributed by atoms with E-state index >= 15 is 0 Å². The molecule has 0 bridgehead atoms. The lowest BCUT2D eigenvalue weighted by Crippen LogP contribution is -2.25. The first-order valence-electron chi connectivity index (χ1n) is 9.85. The van der Waals surface area contributed by atoms with Crippen molar-refractivity contribution >= 4 is 17.6 Å². The maximum Gasteiger partial charge on any atom is 0.426 e. The number of benzene rings is 1. The van der Waals surface area contributed by atoms with E-state index in [4.69, 9.17) is 16.3 Å². The van der Waals surface area contributed by atoms with Crippen LogP contribution in [0.25, 0.3) is 0 Å². The lowest BCUT2D eigenvalue weighted by Gasteiger charge is -2.20. The van der Waals surface area contributed by atoms with Gasteiger partial charge in [0, 0.05) is 12.1 Å². The Bertz CT molecular complexity index is 881. The molecule has 1 aliphatic carbocycles. The first-order chi connectivity index (χ1) is 14.7. The van der Waals surface area contributed by atoms with Crippen LogP contribution in [0.15, 0.2) is 11.1 Å². The third-order valence-electron chi connectivity index (χ3n) is 5.84. The van der Waals surface area contributed by atoms with Gasteiger partial charge in [-0.1, -0.05) is 45.4 Å². The molecule has 32 heavy (non-hydrogen) atoms. The largest absolute Gasteiger partial charge is 0.460 e. The molecule has 1 saturated carbocycles. The van der Waals surface area contributed by atoms with E-state index in [0.717, 1.165) is 0 Å². The van der Waals surface area contributed by atoms with Crippen molar-refractivity contribution in [1.82, 2.24) is 4.90 Å². The van der Waals surface area contributed by atoms with Crippen LogP contribution in [0, 0.1) is 40.5 Å². The molecule has 0 aromatic heterocycles. The summed E-state index contributed by atoms with van der Waals surface area (Å²) in [6.45, 7) is 5.71. The van der Waals surface area contributed by atoms with Gasteiger partial charge < -0.3 is 4.74 Å². The molecule has 0 unspecified atom stereocenters. The number of hydrogen-bond donors (Lipinski definition) is 0. The van der Waals surface area contributed by atoms with Crippen LogP contribution in [0.5, 0.6) is 0 Å². The maximum absolute atomic E-state index is 14.4. The number of allylic oxidation sites excluding steroid dienone is 2. The van der Waals surface area contributed by atoms with E-state index in [9.17, 15) is 35.5 Å². The van der Waals surface area contributed by atoms with E-state index in [1.54, 1.807) is 18.7 Å². The molecule has 1 aromatic carbocycles. The summed E-state index contributed by atoms with van der Waals surface area (Å²) in [4.78, 5) is 13.9. The summed E-state index contributed by atoms with van der Waals surface area (Å²) < 4.78 is 100. The second-order valence-corrected chi connectivity index (χ2v) is 8.53. The van der Waals surface area contributed by atoms with Crippen molar-refractivity contribution in [3.63, 3.8) is 0 Å². The maximum atomic E-state index is 14.4. The highest BCUT2D eigenvalue weighted by Gasteiger charge is 2.62. The molecule has 0 aliphatic heterocycles. The quantitative estimate of drug-likeness (QED) is 0.252. The third-order valence-corrected chi connectivity index (χ3v) is 6.18. The topological polar surface area (TPSA) is 29.5 Å². The molecule has 3 nitrogen and oxygen atoms in total. The van der Waals surface area contributed by atoms with Crippen LogP contribution >= 0.6 is 11.6 Å². The van der Waals surface area contributed by atoms with Crippen LogP contribution in [0.1, 0.15) is 38.8 Å². The van der Waals surface area contributed by atoms with E-state index < -0.39 is 75.4 Å². The highest BCUT2D eigenvalue weighted by molar-refractivity contribution is 6.30. The Morgan fingerprint density at radius 1 is 1.03 bits per heavy atom. The summed E-state index contributed by atoms with van der Waals surface area (Å²) in [5.74, 6) is -9.62. The van der Waals surface area contributed by atoms with Gasteiger partial charge in [-0.3, -0.25) is 9.69 Å². The minimum absolute atomic E-state index is 0.358. The van der Waals surface area contributed by atoms with Crippen LogP contribution in [-0.2, 0) is 22.7 Å². The normalized spacial score (nSPS) is 20.6. The van der Waals surface area contributed by atoms with Gasteiger partial charge in [-0.05, 0) is 24.4 Å². The second kappa shape index (κ2) is 9.59. The lowest BCUT2D eigenvalue weighted by atomic mass is 10.1. The van der Waals surface area contributed by atoms with Gasteiger partial charge >= 0.3 is 12.1 Å². The van der Waals surface area contributed by atoms with E-state index in [1.165, 1.54) is 13.8 Å². The standard InChI is InChI=1S/C21H23ClF7NO2/c1-5-30(6-2)8-10-15(23)17(25)11(18(26)16(10)24)9-32-19(31)14-12(20(14,3)4)7-13(22)21(27,28)29/h7,12,14H,5-6,8-9H2,1-4H3/b13-7-/t12-,14-/m1/s1. The first kappa shape index (κ1) is 26.4. The van der Waals surface area contributed by atoms with Crippen LogP contribution in [0.3, 0.4) is 0 Å². The van der Waals surface area contributed by atoms with Crippen molar-refractivity contribution in [2.75, 3.05) is 13.1 Å². The number of nitrogens with zero attached hydrogens (tertiary/aromatic N) is 1. The Balaban J connectivity index is 2.20. The highest BCUT2D eigenvalue weighted by Crippen LogP contribution is 2.60. The van der Waals surface area contributed by atoms with Crippen molar-refractivity contribution in [3.8, 4) is 0 Å². The summed E-state index contributed by atoms with van der Waals surface area (Å²) in [7, 11) is 0. The van der Waals surface area contributed by atoms with Gasteiger partial charge in [0.2, 0.25) is 0 Å². The molecule has 1 fully saturated rings. The van der Waals surface area contributed by atoms with Crippen molar-refractivity contribution in [2.45, 2.75) is 47.0 Å². The highest BCUT2D eigenvalue weighted by atomic mass is 35.5. The Labute approximate surface area is 186 Å². The molecular weight excluding hydrogens is 467 g/mol. The van der Waals surface area contributed by atoms with E-state index in [0.29, 0.717) is 19.2 Å². The van der Waals surface area contributed by atoms with Crippen LogP contribution in [0.2, 0.25) is 0 Å². The minimum atomic E-state index is -4.79. The molecule has 0 amide bonds. The van der Waals surface area contributed by atoms with Gasteiger partial charge in [0.05, 0.1) is 11.5 Å². The molecule has 0 N–H and O–H groups in total. The molecule has 0 spiro atoms. The van der Waals surface area contributed by atoms with E-state index in [2.05, 4.69) is 0 Å². The number of hydrogen-bond acceptors (Lipinski definition) is 3. The summed E-state index contributed by atoms with van der Waals surface area (Å²) >= 11 is 5.21. The van der Waals surface area contributed by atoms with Crippen molar-refractivity contribution < 1.29 is 40.3 Å². The molecule has 11 heteroatoms. The molecule has 180 valence electrons. The number of alkyl halides is 3. The average Bonchev–Trinajstić information content (AvgIpc) is 3.25. The van der Waals surface area contributed by atoms with Gasteiger partial charge in [-0.25, -0.2) is 17.6 Å². The number of rotatable bonds is 8. The van der Waals surface area contributed by atoms with Crippen LogP contribution in [0.4, 0.5) is 30.7 Å². The van der Waals surface area contributed by atoms with Crippen LogP contribution in [-0.4, -0.2) is 30.1 Å². The first-order valence-corrected chi connectivity index (χ1v) is 10.2. The third kappa shape index (κ3) is 5.22. The Hall–Kier alpha value is -1.81. The predicted octanol–water partition coefficient (Wildman–Crippen LogP) is 6.09. The van der Waals surface area contributed by atoms with Crippen LogP contribution < -0.4 is 0 Å². The Morgan fingerprint density at radius 2 is 1.50 bits per heavy atom. The number of carbonyl (C=O) groups excluding carboxylic acids is 1. The predicted molar refractivity (Wildman–Crippen MR) is 103 cm³/mol. The summed E-state index contributed by atoms with van der Waals surface area (Å²) in [5.41, 5.74) is -2.85.